The first-order valence-electron chi connectivity index (χ1n) is 5.88. The number of rotatable bonds is 2. The normalized spacial score (nSPS) is 20.4. The molecule has 1 unspecified atom stereocenters. The van der Waals surface area contributed by atoms with E-state index in [0.717, 1.165) is 11.1 Å². The van der Waals surface area contributed by atoms with Gasteiger partial charge in [0.15, 0.2) is 0 Å². The van der Waals surface area contributed by atoms with Gasteiger partial charge in [-0.05, 0) is 19.1 Å². The van der Waals surface area contributed by atoms with Crippen LogP contribution < -0.4 is 5.73 Å². The maximum absolute atomic E-state index is 12.2. The molecule has 0 aromatic heterocycles. The zero-order valence-corrected chi connectivity index (χ0v) is 10.1. The molecule has 0 radical (unpaired) electrons. The van der Waals surface area contributed by atoms with Gasteiger partial charge in [0.25, 0.3) is 5.91 Å². The van der Waals surface area contributed by atoms with Crippen molar-refractivity contribution < 1.29 is 9.53 Å². The highest BCUT2D eigenvalue weighted by molar-refractivity contribution is 5.94. The van der Waals surface area contributed by atoms with Gasteiger partial charge in [-0.25, -0.2) is 0 Å². The largest absolute Gasteiger partial charge is 0.373 e. The fourth-order valence-electron chi connectivity index (χ4n) is 2.01. The Balaban J connectivity index is 2.09. The molecule has 2 rings (SSSR count). The van der Waals surface area contributed by atoms with Crippen molar-refractivity contribution in [2.75, 3.05) is 26.2 Å². The van der Waals surface area contributed by atoms with Crippen molar-refractivity contribution in [3.8, 4) is 0 Å². The first-order chi connectivity index (χ1) is 8.20. The van der Waals surface area contributed by atoms with Crippen LogP contribution in [0.1, 0.15) is 15.9 Å². The lowest BCUT2D eigenvalue weighted by atomic mass is 10.1. The summed E-state index contributed by atoms with van der Waals surface area (Å²) in [7, 11) is 0. The fourth-order valence-corrected chi connectivity index (χ4v) is 2.01. The Labute approximate surface area is 101 Å². The molecule has 1 aliphatic rings. The Morgan fingerprint density at radius 1 is 1.59 bits per heavy atom. The fraction of sp³-hybridized carbons (Fsp3) is 0.462. The number of nitrogens with two attached hydrogens (primary N) is 1. The Kier molecular flexibility index (Phi) is 3.76. The van der Waals surface area contributed by atoms with Gasteiger partial charge in [-0.2, -0.15) is 0 Å². The highest BCUT2D eigenvalue weighted by Crippen LogP contribution is 2.11. The Morgan fingerprint density at radius 3 is 3.12 bits per heavy atom. The predicted octanol–water partition coefficient (Wildman–Crippen LogP) is 0.795. The monoisotopic (exact) mass is 234 g/mol. The number of ether oxygens (including phenoxy) is 1. The molecule has 17 heavy (non-hydrogen) atoms. The lowest BCUT2D eigenvalue weighted by molar-refractivity contribution is -0.0167. The second-order valence-corrected chi connectivity index (χ2v) is 4.35. The highest BCUT2D eigenvalue weighted by atomic mass is 16.5. The van der Waals surface area contributed by atoms with E-state index in [1.165, 1.54) is 0 Å². The van der Waals surface area contributed by atoms with Crippen LogP contribution in [0.2, 0.25) is 0 Å². The number of nitrogens with zero attached hydrogens (tertiary/aromatic N) is 1. The van der Waals surface area contributed by atoms with E-state index in [1.807, 2.05) is 36.1 Å². The first-order valence-corrected chi connectivity index (χ1v) is 5.88. The van der Waals surface area contributed by atoms with Crippen LogP contribution in [0.4, 0.5) is 0 Å². The molecule has 0 saturated carbocycles. The molecule has 1 aliphatic heterocycles. The van der Waals surface area contributed by atoms with Crippen LogP contribution in [-0.2, 0) is 4.74 Å². The summed E-state index contributed by atoms with van der Waals surface area (Å²) in [6.07, 6.45) is -0.0301. The quantitative estimate of drug-likeness (QED) is 0.823. The summed E-state index contributed by atoms with van der Waals surface area (Å²) in [4.78, 5) is 14.1. The van der Waals surface area contributed by atoms with Crippen molar-refractivity contribution in [3.05, 3.63) is 35.4 Å². The smallest absolute Gasteiger partial charge is 0.254 e. The summed E-state index contributed by atoms with van der Waals surface area (Å²) in [5, 5.41) is 0. The first kappa shape index (κ1) is 12.1. The molecule has 1 heterocycles. The standard InChI is InChI=1S/C13H18N2O2/c1-10-3-2-4-11(7-10)13(16)15-5-6-17-12(8-14)9-15/h2-4,7,12H,5-6,8-9,14H2,1H3. The second kappa shape index (κ2) is 5.29. The van der Waals surface area contributed by atoms with Gasteiger partial charge in [-0.15, -0.1) is 0 Å². The summed E-state index contributed by atoms with van der Waals surface area (Å²) >= 11 is 0. The van der Waals surface area contributed by atoms with Gasteiger partial charge in [0.2, 0.25) is 0 Å². The zero-order valence-electron chi connectivity index (χ0n) is 10.1. The summed E-state index contributed by atoms with van der Waals surface area (Å²) < 4.78 is 5.45. The Hall–Kier alpha value is -1.39. The number of aryl methyl sites for hydroxylation is 1. The molecule has 1 atom stereocenters. The van der Waals surface area contributed by atoms with Crippen LogP contribution >= 0.6 is 0 Å². The number of carbonyl (C=O) groups excluding carboxylic acids is 1. The minimum atomic E-state index is -0.0301. The molecular formula is C13H18N2O2. The molecule has 1 aromatic rings. The summed E-state index contributed by atoms with van der Waals surface area (Å²) in [6.45, 7) is 4.24. The van der Waals surface area contributed by atoms with Crippen LogP contribution in [0.5, 0.6) is 0 Å². The van der Waals surface area contributed by atoms with E-state index in [4.69, 9.17) is 10.5 Å². The number of benzene rings is 1. The van der Waals surface area contributed by atoms with Crippen molar-refractivity contribution in [1.82, 2.24) is 4.90 Å². The number of carbonyl (C=O) groups is 1. The van der Waals surface area contributed by atoms with E-state index in [0.29, 0.717) is 26.2 Å². The molecule has 4 heteroatoms. The van der Waals surface area contributed by atoms with Gasteiger partial charge >= 0.3 is 0 Å². The predicted molar refractivity (Wildman–Crippen MR) is 65.9 cm³/mol. The van der Waals surface area contributed by atoms with Crippen LogP contribution in [0.25, 0.3) is 0 Å². The van der Waals surface area contributed by atoms with E-state index < -0.39 is 0 Å². The van der Waals surface area contributed by atoms with Crippen molar-refractivity contribution in [1.29, 1.82) is 0 Å². The van der Waals surface area contributed by atoms with Gasteiger partial charge in [-0.1, -0.05) is 17.7 Å². The molecule has 1 fully saturated rings. The average molecular weight is 234 g/mol. The van der Waals surface area contributed by atoms with Crippen LogP contribution in [0.15, 0.2) is 24.3 Å². The van der Waals surface area contributed by atoms with E-state index in [1.54, 1.807) is 0 Å². The van der Waals surface area contributed by atoms with Gasteiger partial charge in [0.1, 0.15) is 0 Å². The molecule has 4 nitrogen and oxygen atoms in total. The number of amides is 1. The van der Waals surface area contributed by atoms with E-state index in [2.05, 4.69) is 0 Å². The summed E-state index contributed by atoms with van der Waals surface area (Å²) in [6, 6.07) is 7.65. The minimum absolute atomic E-state index is 0.0301. The van der Waals surface area contributed by atoms with Gasteiger partial charge < -0.3 is 15.4 Å². The lowest BCUT2D eigenvalue weighted by Gasteiger charge is -2.32. The maximum atomic E-state index is 12.2. The third-order valence-corrected chi connectivity index (χ3v) is 2.95. The molecule has 1 saturated heterocycles. The molecule has 1 aromatic carbocycles. The lowest BCUT2D eigenvalue weighted by Crippen LogP contribution is -2.48. The topological polar surface area (TPSA) is 55.6 Å². The number of hydrogen-bond donors (Lipinski definition) is 1. The van der Waals surface area contributed by atoms with Crippen molar-refractivity contribution >= 4 is 5.91 Å². The highest BCUT2D eigenvalue weighted by Gasteiger charge is 2.23. The van der Waals surface area contributed by atoms with E-state index in [9.17, 15) is 4.79 Å². The van der Waals surface area contributed by atoms with Crippen molar-refractivity contribution in [2.45, 2.75) is 13.0 Å². The minimum Gasteiger partial charge on any atom is -0.373 e. The molecule has 0 spiro atoms. The Morgan fingerprint density at radius 2 is 2.41 bits per heavy atom. The summed E-state index contributed by atoms with van der Waals surface area (Å²) in [5.74, 6) is 0.0652. The number of hydrogen-bond acceptors (Lipinski definition) is 3. The molecule has 1 amide bonds. The zero-order chi connectivity index (χ0) is 12.3. The molecule has 0 bridgehead atoms. The third-order valence-electron chi connectivity index (χ3n) is 2.95. The summed E-state index contributed by atoms with van der Waals surface area (Å²) in [5.41, 5.74) is 7.40. The Bertz CT molecular complexity index is 406. The third kappa shape index (κ3) is 2.84. The maximum Gasteiger partial charge on any atom is 0.254 e. The van der Waals surface area contributed by atoms with Crippen molar-refractivity contribution in [2.24, 2.45) is 5.73 Å². The second-order valence-electron chi connectivity index (χ2n) is 4.35. The SMILES string of the molecule is Cc1cccc(C(=O)N2CCOC(CN)C2)c1. The molecule has 0 aliphatic carbocycles. The van der Waals surface area contributed by atoms with Crippen LogP contribution in [0, 0.1) is 6.92 Å². The van der Waals surface area contributed by atoms with Gasteiger partial charge in [0, 0.05) is 25.2 Å². The van der Waals surface area contributed by atoms with Crippen molar-refractivity contribution in [3.63, 3.8) is 0 Å². The van der Waals surface area contributed by atoms with Gasteiger partial charge in [-0.3, -0.25) is 4.79 Å². The van der Waals surface area contributed by atoms with E-state index >= 15 is 0 Å². The molecule has 92 valence electrons. The average Bonchev–Trinajstić information content (AvgIpc) is 2.38. The van der Waals surface area contributed by atoms with Crippen LogP contribution in [-0.4, -0.2) is 43.2 Å². The molecule has 2 N–H and O–H groups in total. The van der Waals surface area contributed by atoms with Gasteiger partial charge in [0.05, 0.1) is 12.7 Å². The van der Waals surface area contributed by atoms with E-state index in [-0.39, 0.29) is 12.0 Å². The molecular weight excluding hydrogens is 216 g/mol. The van der Waals surface area contributed by atoms with Crippen LogP contribution in [0.3, 0.4) is 0 Å². The number of morpholine rings is 1.